The van der Waals surface area contributed by atoms with Crippen molar-refractivity contribution in [1.82, 2.24) is 0 Å². The van der Waals surface area contributed by atoms with E-state index in [1.165, 1.54) is 24.3 Å². The van der Waals surface area contributed by atoms with Gasteiger partial charge in [0.25, 0.3) is 0 Å². The van der Waals surface area contributed by atoms with Crippen LogP contribution in [0.5, 0.6) is 5.75 Å². The number of hydrogen-bond donors (Lipinski definition) is 3. The molecule has 0 atom stereocenters. The Morgan fingerprint density at radius 3 is 2.07 bits per heavy atom. The first-order valence-corrected chi connectivity index (χ1v) is 8.51. The molecule has 0 bridgehead atoms. The maximum atomic E-state index is 11.4. The number of aromatic carboxylic acids is 1. The van der Waals surface area contributed by atoms with Gasteiger partial charge in [-0.25, -0.2) is 4.79 Å². The van der Waals surface area contributed by atoms with Crippen molar-refractivity contribution in [3.05, 3.63) is 87.9 Å². The van der Waals surface area contributed by atoms with Crippen LogP contribution in [0.2, 0.25) is 5.02 Å². The lowest BCUT2D eigenvalue weighted by Gasteiger charge is -2.08. The molecule has 0 aliphatic heterocycles. The highest BCUT2D eigenvalue weighted by atomic mass is 35.5. The third kappa shape index (κ3) is 4.14. The minimum Gasteiger partial charge on any atom is -0.508 e. The van der Waals surface area contributed by atoms with Crippen molar-refractivity contribution in [3.8, 4) is 28.7 Å². The summed E-state index contributed by atoms with van der Waals surface area (Å²) >= 11 is 6.08. The molecule has 5 nitrogen and oxygen atoms in total. The molecule has 0 aromatic heterocycles. The van der Waals surface area contributed by atoms with Crippen molar-refractivity contribution in [2.75, 3.05) is 0 Å². The minimum absolute atomic E-state index is 0.0385. The molecular weight excluding hydrogens is 378 g/mol. The second kappa shape index (κ2) is 7.87. The lowest BCUT2D eigenvalue weighted by Crippen LogP contribution is -2.10. The summed E-state index contributed by atoms with van der Waals surface area (Å²) in [6, 6.07) is 15.6. The fraction of sp³-hybridized carbons (Fsp3) is 0. The zero-order valence-corrected chi connectivity index (χ0v) is 15.2. The average Bonchev–Trinajstić information content (AvgIpc) is 2.67. The summed E-state index contributed by atoms with van der Waals surface area (Å²) in [5.74, 6) is 4.35. The Morgan fingerprint density at radius 1 is 0.857 bits per heavy atom. The third-order valence-corrected chi connectivity index (χ3v) is 4.34. The monoisotopic (exact) mass is 391 g/mol. The van der Waals surface area contributed by atoms with Crippen molar-refractivity contribution in [1.29, 1.82) is 0 Å². The van der Waals surface area contributed by atoms with Crippen molar-refractivity contribution < 1.29 is 19.8 Å². The normalized spacial score (nSPS) is 10.0. The number of rotatable bonds is 3. The van der Waals surface area contributed by atoms with Gasteiger partial charge >= 0.3 is 5.97 Å². The number of aromatic hydroxyl groups is 1. The van der Waals surface area contributed by atoms with Gasteiger partial charge in [0.05, 0.1) is 10.6 Å². The number of carbonyl (C=O) groups excluding carboxylic acids is 1. The molecule has 4 N–H and O–H groups in total. The summed E-state index contributed by atoms with van der Waals surface area (Å²) in [6.07, 6.45) is 0. The van der Waals surface area contributed by atoms with Gasteiger partial charge in [-0.15, -0.1) is 0 Å². The summed E-state index contributed by atoms with van der Waals surface area (Å²) in [7, 11) is 0. The molecule has 0 aliphatic rings. The van der Waals surface area contributed by atoms with Crippen LogP contribution in [0, 0.1) is 11.8 Å². The predicted molar refractivity (Wildman–Crippen MR) is 106 cm³/mol. The minimum atomic E-state index is -1.06. The lowest BCUT2D eigenvalue weighted by molar-refractivity contribution is 0.0696. The highest BCUT2D eigenvalue weighted by Crippen LogP contribution is 2.26. The van der Waals surface area contributed by atoms with E-state index in [0.717, 1.165) is 0 Å². The third-order valence-electron chi connectivity index (χ3n) is 4.03. The summed E-state index contributed by atoms with van der Waals surface area (Å²) < 4.78 is 0. The molecule has 0 fully saturated rings. The van der Waals surface area contributed by atoms with Crippen LogP contribution in [0.3, 0.4) is 0 Å². The quantitative estimate of drug-likeness (QED) is 0.589. The molecule has 3 aromatic rings. The van der Waals surface area contributed by atoms with Gasteiger partial charge < -0.3 is 15.9 Å². The van der Waals surface area contributed by atoms with Crippen LogP contribution in [-0.2, 0) is 0 Å². The van der Waals surface area contributed by atoms with Gasteiger partial charge in [-0.2, -0.15) is 0 Å². The topological polar surface area (TPSA) is 101 Å². The second-order valence-electron chi connectivity index (χ2n) is 5.92. The predicted octanol–water partition coefficient (Wildman–Crippen LogP) is 3.91. The number of carboxylic acids is 1. The number of benzene rings is 3. The fourth-order valence-corrected chi connectivity index (χ4v) is 2.80. The van der Waals surface area contributed by atoms with Crippen LogP contribution in [-0.4, -0.2) is 22.1 Å². The number of phenols is 1. The second-order valence-corrected chi connectivity index (χ2v) is 6.33. The van der Waals surface area contributed by atoms with Gasteiger partial charge in [0.1, 0.15) is 5.75 Å². The van der Waals surface area contributed by atoms with Gasteiger partial charge in [-0.1, -0.05) is 35.6 Å². The van der Waals surface area contributed by atoms with Crippen molar-refractivity contribution in [2.45, 2.75) is 0 Å². The summed E-state index contributed by atoms with van der Waals surface area (Å²) in [5.41, 5.74) is 8.12. The first kappa shape index (κ1) is 19.0. The number of carbonyl (C=O) groups is 2. The van der Waals surface area contributed by atoms with E-state index < -0.39 is 11.9 Å². The maximum absolute atomic E-state index is 11.4. The van der Waals surface area contributed by atoms with Crippen LogP contribution in [0.4, 0.5) is 0 Å². The SMILES string of the molecule is NC(=O)c1ccc(-c2cc(C(=O)O)ccc2C#Cc2ccc(O)cc2Cl)cc1. The molecule has 0 unspecified atom stereocenters. The molecular formula is C22H14ClNO4. The van der Waals surface area contributed by atoms with E-state index in [2.05, 4.69) is 11.8 Å². The molecule has 0 heterocycles. The molecule has 3 aromatic carbocycles. The molecule has 138 valence electrons. The van der Waals surface area contributed by atoms with Gasteiger partial charge in [-0.05, 0) is 59.7 Å². The van der Waals surface area contributed by atoms with Crippen LogP contribution in [0.1, 0.15) is 31.8 Å². The first-order valence-electron chi connectivity index (χ1n) is 8.13. The molecule has 1 amide bonds. The van der Waals surface area contributed by atoms with Crippen molar-refractivity contribution in [3.63, 3.8) is 0 Å². The number of halogens is 1. The fourth-order valence-electron chi connectivity index (χ4n) is 2.58. The average molecular weight is 392 g/mol. The van der Waals surface area contributed by atoms with Crippen LogP contribution in [0.15, 0.2) is 60.7 Å². The number of carboxylic acid groups (broad SMARTS) is 1. The van der Waals surface area contributed by atoms with E-state index >= 15 is 0 Å². The van der Waals surface area contributed by atoms with Gasteiger partial charge in [0.2, 0.25) is 5.91 Å². The van der Waals surface area contributed by atoms with Crippen LogP contribution in [0.25, 0.3) is 11.1 Å². The number of primary amides is 1. The Kier molecular flexibility index (Phi) is 5.35. The lowest BCUT2D eigenvalue weighted by atomic mass is 9.96. The smallest absolute Gasteiger partial charge is 0.335 e. The zero-order chi connectivity index (χ0) is 20.3. The van der Waals surface area contributed by atoms with E-state index in [1.54, 1.807) is 36.4 Å². The van der Waals surface area contributed by atoms with Crippen molar-refractivity contribution in [2.24, 2.45) is 5.73 Å². The standard InChI is InChI=1S/C22H14ClNO4/c23-20-12-18(25)10-9-15(20)5-1-13-4-8-17(22(27)28)11-19(13)14-2-6-16(7-3-14)21(24)26/h2-4,6-12,25H,(H2,24,26)(H,27,28). The Bertz CT molecular complexity index is 1140. The molecule has 0 radical (unpaired) electrons. The molecule has 0 saturated carbocycles. The molecule has 6 heteroatoms. The highest BCUT2D eigenvalue weighted by molar-refractivity contribution is 6.31. The summed E-state index contributed by atoms with van der Waals surface area (Å²) in [5, 5.41) is 19.0. The molecule has 0 saturated heterocycles. The van der Waals surface area contributed by atoms with E-state index in [-0.39, 0.29) is 11.3 Å². The Labute approximate surface area is 166 Å². The van der Waals surface area contributed by atoms with Crippen LogP contribution >= 0.6 is 11.6 Å². The van der Waals surface area contributed by atoms with Crippen molar-refractivity contribution >= 4 is 23.5 Å². The van der Waals surface area contributed by atoms with E-state index in [0.29, 0.717) is 32.8 Å². The number of nitrogens with two attached hydrogens (primary N) is 1. The molecule has 28 heavy (non-hydrogen) atoms. The summed E-state index contributed by atoms with van der Waals surface area (Å²) in [4.78, 5) is 22.6. The largest absolute Gasteiger partial charge is 0.508 e. The Balaban J connectivity index is 2.10. The number of hydrogen-bond acceptors (Lipinski definition) is 3. The van der Waals surface area contributed by atoms with Gasteiger partial charge in [-0.3, -0.25) is 4.79 Å². The first-order chi connectivity index (χ1) is 13.3. The molecule has 3 rings (SSSR count). The number of phenolic OH excluding ortho intramolecular Hbond substituents is 1. The van der Waals surface area contributed by atoms with Gasteiger partial charge in [0.15, 0.2) is 0 Å². The maximum Gasteiger partial charge on any atom is 0.335 e. The molecule has 0 aliphatic carbocycles. The number of amides is 1. The Hall–Kier alpha value is -3.75. The van der Waals surface area contributed by atoms with Gasteiger partial charge in [0, 0.05) is 16.7 Å². The van der Waals surface area contributed by atoms with Crippen LogP contribution < -0.4 is 5.73 Å². The Morgan fingerprint density at radius 2 is 1.46 bits per heavy atom. The highest BCUT2D eigenvalue weighted by Gasteiger charge is 2.10. The summed E-state index contributed by atoms with van der Waals surface area (Å²) in [6.45, 7) is 0. The molecule has 0 spiro atoms. The van der Waals surface area contributed by atoms with E-state index in [1.807, 2.05) is 0 Å². The van der Waals surface area contributed by atoms with E-state index in [4.69, 9.17) is 17.3 Å². The zero-order valence-electron chi connectivity index (χ0n) is 14.4. The van der Waals surface area contributed by atoms with E-state index in [9.17, 15) is 19.8 Å².